The van der Waals surface area contributed by atoms with Gasteiger partial charge in [0.25, 0.3) is 5.56 Å². The van der Waals surface area contributed by atoms with Gasteiger partial charge in [0.05, 0.1) is 28.0 Å². The van der Waals surface area contributed by atoms with Crippen molar-refractivity contribution in [2.75, 3.05) is 0 Å². The van der Waals surface area contributed by atoms with E-state index in [2.05, 4.69) is 15.3 Å². The van der Waals surface area contributed by atoms with E-state index in [1.54, 1.807) is 13.8 Å². The third-order valence-corrected chi connectivity index (χ3v) is 3.44. The summed E-state index contributed by atoms with van der Waals surface area (Å²) in [6.45, 7) is 3.38. The van der Waals surface area contributed by atoms with Crippen LogP contribution in [0.5, 0.6) is 0 Å². The van der Waals surface area contributed by atoms with E-state index in [1.807, 2.05) is 0 Å². The Balaban J connectivity index is 2.28. The minimum absolute atomic E-state index is 0.155. The molecule has 0 spiro atoms. The molecule has 0 aliphatic carbocycles. The number of hydrogen-bond donors (Lipinski definition) is 1. The molecule has 0 fully saturated rings. The lowest BCUT2D eigenvalue weighted by atomic mass is 10.2. The molecule has 0 amide bonds. The van der Waals surface area contributed by atoms with Crippen molar-refractivity contribution in [2.24, 2.45) is 0 Å². The van der Waals surface area contributed by atoms with Crippen molar-refractivity contribution in [1.82, 2.24) is 20.0 Å². The van der Waals surface area contributed by atoms with Gasteiger partial charge in [-0.2, -0.15) is 23.4 Å². The van der Waals surface area contributed by atoms with Gasteiger partial charge < -0.3 is 0 Å². The largest absolute Gasteiger partial charge is 0.416 e. The second-order valence-corrected chi connectivity index (χ2v) is 4.91. The van der Waals surface area contributed by atoms with Crippen LogP contribution < -0.4 is 5.56 Å². The molecule has 5 nitrogen and oxygen atoms in total. The average Bonchev–Trinajstić information content (AvgIpc) is 2.81. The minimum atomic E-state index is -4.44. The van der Waals surface area contributed by atoms with Crippen molar-refractivity contribution in [3.05, 3.63) is 51.6 Å². The molecule has 2 heterocycles. The molecular weight excluding hydrogens is 297 g/mol. The number of nitrogens with one attached hydrogen (secondary N) is 1. The number of rotatable bonds is 1. The number of hydrogen-bond acceptors (Lipinski definition) is 3. The fourth-order valence-electron chi connectivity index (χ4n) is 2.40. The van der Waals surface area contributed by atoms with Crippen LogP contribution in [-0.2, 0) is 6.18 Å². The predicted molar refractivity (Wildman–Crippen MR) is 74.0 cm³/mol. The molecule has 0 atom stereocenters. The van der Waals surface area contributed by atoms with Crippen LogP contribution in [0.1, 0.15) is 17.0 Å². The highest BCUT2D eigenvalue weighted by Gasteiger charge is 2.30. The van der Waals surface area contributed by atoms with Crippen LogP contribution in [0.4, 0.5) is 13.2 Å². The van der Waals surface area contributed by atoms with E-state index >= 15 is 0 Å². The first-order valence-electron chi connectivity index (χ1n) is 6.41. The summed E-state index contributed by atoms with van der Waals surface area (Å²) in [5.74, 6) is 0. The number of benzene rings is 1. The highest BCUT2D eigenvalue weighted by Crippen LogP contribution is 2.31. The summed E-state index contributed by atoms with van der Waals surface area (Å²) >= 11 is 0. The Hall–Kier alpha value is -2.64. The minimum Gasteiger partial charge on any atom is -0.265 e. The maximum atomic E-state index is 12.8. The van der Waals surface area contributed by atoms with E-state index < -0.39 is 17.3 Å². The van der Waals surface area contributed by atoms with Crippen molar-refractivity contribution in [2.45, 2.75) is 20.0 Å². The first-order valence-corrected chi connectivity index (χ1v) is 6.41. The molecule has 0 aliphatic rings. The highest BCUT2D eigenvalue weighted by atomic mass is 19.4. The molecule has 0 radical (unpaired) electrons. The molecule has 0 saturated heterocycles. The molecule has 0 saturated carbocycles. The second-order valence-electron chi connectivity index (χ2n) is 4.91. The first-order chi connectivity index (χ1) is 10.3. The van der Waals surface area contributed by atoms with E-state index in [4.69, 9.17) is 0 Å². The summed E-state index contributed by atoms with van der Waals surface area (Å²) < 4.78 is 39.8. The molecular formula is C14H11F3N4O. The van der Waals surface area contributed by atoms with Gasteiger partial charge in [0, 0.05) is 0 Å². The number of H-pyrrole nitrogens is 1. The van der Waals surface area contributed by atoms with Crippen LogP contribution in [0.3, 0.4) is 0 Å². The molecule has 1 aromatic carbocycles. The summed E-state index contributed by atoms with van der Waals surface area (Å²) in [6, 6.07) is 4.79. The van der Waals surface area contributed by atoms with Gasteiger partial charge in [0.15, 0.2) is 5.52 Å². The quantitative estimate of drug-likeness (QED) is 0.752. The molecule has 2 aromatic heterocycles. The van der Waals surface area contributed by atoms with E-state index in [-0.39, 0.29) is 11.2 Å². The van der Waals surface area contributed by atoms with Gasteiger partial charge in [-0.25, -0.2) is 9.78 Å². The fraction of sp³-hybridized carbons (Fsp3) is 0.214. The van der Waals surface area contributed by atoms with Crippen molar-refractivity contribution >= 4 is 10.9 Å². The van der Waals surface area contributed by atoms with Crippen LogP contribution in [0.15, 0.2) is 29.1 Å². The Bertz CT molecular complexity index is 924. The van der Waals surface area contributed by atoms with Crippen molar-refractivity contribution in [1.29, 1.82) is 0 Å². The van der Waals surface area contributed by atoms with E-state index in [1.165, 1.54) is 16.8 Å². The van der Waals surface area contributed by atoms with Crippen LogP contribution in [0.2, 0.25) is 0 Å². The van der Waals surface area contributed by atoms with Gasteiger partial charge in [-0.3, -0.25) is 4.79 Å². The molecule has 0 aliphatic heterocycles. The molecule has 22 heavy (non-hydrogen) atoms. The molecule has 1 N–H and O–H groups in total. The van der Waals surface area contributed by atoms with Crippen LogP contribution in [0, 0.1) is 13.8 Å². The molecule has 114 valence electrons. The van der Waals surface area contributed by atoms with Crippen LogP contribution in [0.25, 0.3) is 16.6 Å². The Kier molecular flexibility index (Phi) is 3.05. The fourth-order valence-corrected chi connectivity index (χ4v) is 2.40. The van der Waals surface area contributed by atoms with Gasteiger partial charge in [0.2, 0.25) is 0 Å². The maximum Gasteiger partial charge on any atom is 0.416 e. The first kappa shape index (κ1) is 14.3. The van der Waals surface area contributed by atoms with Gasteiger partial charge in [0.1, 0.15) is 0 Å². The monoisotopic (exact) mass is 308 g/mol. The van der Waals surface area contributed by atoms with Gasteiger partial charge in [-0.1, -0.05) is 6.07 Å². The Morgan fingerprint density at radius 3 is 2.59 bits per heavy atom. The number of aryl methyl sites for hydroxylation is 2. The zero-order valence-corrected chi connectivity index (χ0v) is 11.7. The molecule has 3 aromatic rings. The van der Waals surface area contributed by atoms with Crippen molar-refractivity contribution in [3.8, 4) is 5.69 Å². The highest BCUT2D eigenvalue weighted by molar-refractivity contribution is 5.83. The summed E-state index contributed by atoms with van der Waals surface area (Å²) in [5.41, 5.74) is 0.266. The topological polar surface area (TPSA) is 63.6 Å². The normalized spacial score (nSPS) is 12.0. The summed E-state index contributed by atoms with van der Waals surface area (Å²) in [7, 11) is 0. The van der Waals surface area contributed by atoms with E-state index in [0.29, 0.717) is 16.8 Å². The summed E-state index contributed by atoms with van der Waals surface area (Å²) in [5, 5.41) is 10.8. The standard InChI is InChI=1S/C14H11F3N4O/c1-7-11-8(2)21(20-12(11)13(22)19-18-7)10-5-3-4-9(6-10)14(15,16)17/h3-6H,1-2H3,(H,19,22). The Labute approximate surface area is 122 Å². The zero-order chi connectivity index (χ0) is 16.1. The Morgan fingerprint density at radius 2 is 1.95 bits per heavy atom. The van der Waals surface area contributed by atoms with Crippen molar-refractivity contribution < 1.29 is 13.2 Å². The van der Waals surface area contributed by atoms with Gasteiger partial charge in [-0.15, -0.1) is 0 Å². The SMILES string of the molecule is Cc1n[nH]c(=O)c2nn(-c3cccc(C(F)(F)F)c3)c(C)c12. The lowest BCUT2D eigenvalue weighted by molar-refractivity contribution is -0.137. The third-order valence-electron chi connectivity index (χ3n) is 3.44. The molecule has 0 bridgehead atoms. The predicted octanol–water partition coefficient (Wildman–Crippen LogP) is 2.74. The third kappa shape index (κ3) is 2.16. The van der Waals surface area contributed by atoms with E-state index in [9.17, 15) is 18.0 Å². The summed E-state index contributed by atoms with van der Waals surface area (Å²) in [4.78, 5) is 11.8. The van der Waals surface area contributed by atoms with Crippen LogP contribution in [-0.4, -0.2) is 20.0 Å². The number of halogens is 3. The number of aromatic amines is 1. The average molecular weight is 308 g/mol. The molecule has 0 unspecified atom stereocenters. The number of nitrogens with zero attached hydrogens (tertiary/aromatic N) is 3. The molecule has 3 rings (SSSR count). The van der Waals surface area contributed by atoms with E-state index in [0.717, 1.165) is 12.1 Å². The van der Waals surface area contributed by atoms with Crippen molar-refractivity contribution in [3.63, 3.8) is 0 Å². The van der Waals surface area contributed by atoms with Gasteiger partial charge in [-0.05, 0) is 32.0 Å². The Morgan fingerprint density at radius 1 is 1.23 bits per heavy atom. The smallest absolute Gasteiger partial charge is 0.265 e. The molecule has 8 heteroatoms. The number of fused-ring (bicyclic) bond motifs is 1. The zero-order valence-electron chi connectivity index (χ0n) is 11.7. The van der Waals surface area contributed by atoms with Gasteiger partial charge >= 0.3 is 6.18 Å². The number of alkyl halides is 3. The maximum absolute atomic E-state index is 12.8. The second kappa shape index (κ2) is 4.69. The number of aromatic nitrogens is 4. The lowest BCUT2D eigenvalue weighted by Crippen LogP contribution is -2.09. The summed E-state index contributed by atoms with van der Waals surface area (Å²) in [6.07, 6.45) is -4.44. The van der Waals surface area contributed by atoms with Crippen LogP contribution >= 0.6 is 0 Å². The lowest BCUT2D eigenvalue weighted by Gasteiger charge is -2.09.